The minimum Gasteiger partial charge on any atom is -0.467 e. The van der Waals surface area contributed by atoms with Crippen LogP contribution < -0.4 is 5.32 Å². The third kappa shape index (κ3) is 8.30. The zero-order valence-electron chi connectivity index (χ0n) is 19.2. The molecule has 1 rings (SSSR count). The molecule has 9 heteroatoms. The fourth-order valence-electron chi connectivity index (χ4n) is 2.61. The number of ketones is 1. The maximum Gasteiger partial charge on any atom is 0.408 e. The summed E-state index contributed by atoms with van der Waals surface area (Å²) < 4.78 is 16.5. The molecule has 0 bridgehead atoms. The number of thioether (sulfide) groups is 1. The van der Waals surface area contributed by atoms with Gasteiger partial charge in [-0.2, -0.15) is 11.8 Å². The normalized spacial score (nSPS) is 21.6. The van der Waals surface area contributed by atoms with Gasteiger partial charge in [0.15, 0.2) is 8.32 Å². The number of Topliss-reactive ketones (excluding diaryl/α,β-unsaturated/α-hetero) is 1. The second-order valence-corrected chi connectivity index (χ2v) is 16.0. The van der Waals surface area contributed by atoms with Crippen LogP contribution in [0.1, 0.15) is 54.4 Å². The van der Waals surface area contributed by atoms with Gasteiger partial charge in [-0.25, -0.2) is 9.59 Å². The van der Waals surface area contributed by atoms with Crippen molar-refractivity contribution >= 4 is 37.9 Å². The number of hydrogen-bond donors (Lipinski definition) is 1. The van der Waals surface area contributed by atoms with Gasteiger partial charge in [0.05, 0.1) is 13.2 Å². The van der Waals surface area contributed by atoms with E-state index >= 15 is 0 Å². The Morgan fingerprint density at radius 2 is 1.76 bits per heavy atom. The van der Waals surface area contributed by atoms with Crippen molar-refractivity contribution in [2.45, 2.75) is 95.5 Å². The van der Waals surface area contributed by atoms with Crippen LogP contribution in [0.5, 0.6) is 0 Å². The van der Waals surface area contributed by atoms with Crippen molar-refractivity contribution in [3.8, 4) is 0 Å². The summed E-state index contributed by atoms with van der Waals surface area (Å²) in [5, 5.41) is 2.56. The van der Waals surface area contributed by atoms with Crippen LogP contribution in [-0.2, 0) is 23.5 Å². The molecule has 3 atom stereocenters. The molecule has 1 N–H and O–H groups in total. The number of hydrogen-bond acceptors (Lipinski definition) is 7. The lowest BCUT2D eigenvalue weighted by Gasteiger charge is -2.39. The maximum atomic E-state index is 12.1. The van der Waals surface area contributed by atoms with Gasteiger partial charge < -0.3 is 19.2 Å². The highest BCUT2D eigenvalue weighted by Gasteiger charge is 2.44. The number of methoxy groups -OCH3 is 1. The minimum absolute atomic E-state index is 0.0423. The number of rotatable bonds is 7. The van der Waals surface area contributed by atoms with Crippen LogP contribution in [0.15, 0.2) is 0 Å². The number of carbonyl (C=O) groups excluding carboxylic acids is 3. The summed E-state index contributed by atoms with van der Waals surface area (Å²) in [5.41, 5.74) is -0.669. The SMILES string of the molecule is COC(=O)[C@H](CSC1CC(=O)C[C@@H]1O[Si](C)(C)C(C)(C)C)NC(=O)OC(C)(C)C. The molecule has 0 radical (unpaired) electrons. The second-order valence-electron chi connectivity index (χ2n) is 9.96. The van der Waals surface area contributed by atoms with Crippen LogP contribution in [0.2, 0.25) is 18.1 Å². The van der Waals surface area contributed by atoms with Crippen molar-refractivity contribution in [1.29, 1.82) is 0 Å². The van der Waals surface area contributed by atoms with Gasteiger partial charge in [0.2, 0.25) is 0 Å². The van der Waals surface area contributed by atoms with Gasteiger partial charge in [-0.05, 0) is 38.9 Å². The number of esters is 1. The van der Waals surface area contributed by atoms with E-state index in [0.717, 1.165) is 0 Å². The fourth-order valence-corrected chi connectivity index (χ4v) is 5.40. The molecule has 1 fully saturated rings. The van der Waals surface area contributed by atoms with Crippen molar-refractivity contribution < 1.29 is 28.3 Å². The number of ether oxygens (including phenoxy) is 2. The van der Waals surface area contributed by atoms with E-state index in [2.05, 4.69) is 39.2 Å². The first kappa shape index (κ1) is 26.0. The average Bonchev–Trinajstić information content (AvgIpc) is 2.86. The highest BCUT2D eigenvalue weighted by Crippen LogP contribution is 2.41. The molecule has 0 aromatic rings. The maximum absolute atomic E-state index is 12.1. The predicted octanol–water partition coefficient (Wildman–Crippen LogP) is 3.91. The van der Waals surface area contributed by atoms with E-state index in [4.69, 9.17) is 13.9 Å². The van der Waals surface area contributed by atoms with Crippen LogP contribution >= 0.6 is 11.8 Å². The molecular formula is C20H37NO6SSi. The highest BCUT2D eigenvalue weighted by molar-refractivity contribution is 8.00. The third-order valence-corrected chi connectivity index (χ3v) is 11.1. The third-order valence-electron chi connectivity index (χ3n) is 5.18. The summed E-state index contributed by atoms with van der Waals surface area (Å²) in [5.74, 6) is -0.100. The largest absolute Gasteiger partial charge is 0.467 e. The molecule has 0 aromatic heterocycles. The van der Waals surface area contributed by atoms with Crippen LogP contribution in [0, 0.1) is 0 Å². The summed E-state index contributed by atoms with van der Waals surface area (Å²) in [6, 6.07) is -0.857. The molecule has 1 saturated carbocycles. The van der Waals surface area contributed by atoms with Crippen molar-refractivity contribution in [3.63, 3.8) is 0 Å². The Labute approximate surface area is 180 Å². The number of amides is 1. The Balaban J connectivity index is 2.79. The first-order valence-electron chi connectivity index (χ1n) is 9.94. The minimum atomic E-state index is -2.03. The summed E-state index contributed by atoms with van der Waals surface area (Å²) >= 11 is 1.46. The number of alkyl carbamates (subject to hydrolysis) is 1. The Hall–Kier alpha value is -1.06. The second kappa shape index (κ2) is 9.83. The van der Waals surface area contributed by atoms with Gasteiger partial charge in [0.25, 0.3) is 0 Å². The molecule has 0 saturated heterocycles. The Kier molecular flexibility index (Phi) is 8.80. The molecule has 29 heavy (non-hydrogen) atoms. The van der Waals surface area contributed by atoms with Crippen LogP contribution in [0.4, 0.5) is 4.79 Å². The number of nitrogens with one attached hydrogen (secondary N) is 1. The molecule has 1 amide bonds. The van der Waals surface area contributed by atoms with E-state index in [1.165, 1.54) is 18.9 Å². The lowest BCUT2D eigenvalue weighted by atomic mass is 10.2. The van der Waals surface area contributed by atoms with E-state index < -0.39 is 32.0 Å². The topological polar surface area (TPSA) is 90.9 Å². The van der Waals surface area contributed by atoms with Crippen molar-refractivity contribution in [2.75, 3.05) is 12.9 Å². The Morgan fingerprint density at radius 1 is 1.17 bits per heavy atom. The smallest absolute Gasteiger partial charge is 0.408 e. The molecule has 0 spiro atoms. The van der Waals surface area contributed by atoms with Gasteiger partial charge >= 0.3 is 12.1 Å². The molecular weight excluding hydrogens is 410 g/mol. The van der Waals surface area contributed by atoms with Gasteiger partial charge in [-0.3, -0.25) is 4.79 Å². The lowest BCUT2D eigenvalue weighted by Crippen LogP contribution is -2.47. The van der Waals surface area contributed by atoms with Gasteiger partial charge in [-0.1, -0.05) is 20.8 Å². The predicted molar refractivity (Wildman–Crippen MR) is 118 cm³/mol. The van der Waals surface area contributed by atoms with Gasteiger partial charge in [-0.15, -0.1) is 0 Å². The average molecular weight is 448 g/mol. The van der Waals surface area contributed by atoms with E-state index in [-0.39, 0.29) is 27.9 Å². The van der Waals surface area contributed by atoms with E-state index in [9.17, 15) is 14.4 Å². The molecule has 0 aromatic carbocycles. The molecule has 0 aliphatic heterocycles. The molecule has 7 nitrogen and oxygen atoms in total. The molecule has 0 heterocycles. The highest BCUT2D eigenvalue weighted by atomic mass is 32.2. The summed E-state index contributed by atoms with van der Waals surface area (Å²) in [4.78, 5) is 36.3. The van der Waals surface area contributed by atoms with Crippen molar-refractivity contribution in [2.24, 2.45) is 0 Å². The quantitative estimate of drug-likeness (QED) is 0.467. The monoisotopic (exact) mass is 447 g/mol. The first-order chi connectivity index (χ1) is 13.1. The van der Waals surface area contributed by atoms with E-state index in [1.807, 2.05) is 0 Å². The summed E-state index contributed by atoms with van der Waals surface area (Å²) in [6.07, 6.45) is -0.0464. The summed E-state index contributed by atoms with van der Waals surface area (Å²) in [7, 11) is -0.749. The van der Waals surface area contributed by atoms with Crippen molar-refractivity contribution in [1.82, 2.24) is 5.32 Å². The Morgan fingerprint density at radius 3 is 2.24 bits per heavy atom. The lowest BCUT2D eigenvalue weighted by molar-refractivity contribution is -0.142. The standard InChI is InChI=1S/C20H37NO6SSi/c1-19(2,3)26-18(24)21-14(17(23)25-7)12-28-16-11-13(22)10-15(16)27-29(8,9)20(4,5)6/h14-16H,10-12H2,1-9H3,(H,21,24)/t14-,15-,16?/m0/s1. The molecule has 1 aliphatic carbocycles. The zero-order valence-corrected chi connectivity index (χ0v) is 21.0. The van der Waals surface area contributed by atoms with Crippen LogP contribution in [-0.4, -0.2) is 62.0 Å². The Bertz CT molecular complexity index is 611. The number of carbonyl (C=O) groups is 3. The fraction of sp³-hybridized carbons (Fsp3) is 0.850. The van der Waals surface area contributed by atoms with Gasteiger partial charge in [0, 0.05) is 23.8 Å². The first-order valence-corrected chi connectivity index (χ1v) is 13.9. The van der Waals surface area contributed by atoms with Crippen LogP contribution in [0.3, 0.4) is 0 Å². The molecule has 1 unspecified atom stereocenters. The van der Waals surface area contributed by atoms with Crippen LogP contribution in [0.25, 0.3) is 0 Å². The zero-order chi connectivity index (χ0) is 22.6. The van der Waals surface area contributed by atoms with Gasteiger partial charge in [0.1, 0.15) is 17.4 Å². The molecule has 168 valence electrons. The molecule has 1 aliphatic rings. The van der Waals surface area contributed by atoms with Crippen molar-refractivity contribution in [3.05, 3.63) is 0 Å². The van der Waals surface area contributed by atoms with E-state index in [0.29, 0.717) is 12.8 Å². The summed E-state index contributed by atoms with van der Waals surface area (Å²) in [6.45, 7) is 16.1. The van der Waals surface area contributed by atoms with E-state index in [1.54, 1.807) is 20.8 Å².